The van der Waals surface area contributed by atoms with Crippen LogP contribution in [-0.4, -0.2) is 29.8 Å². The number of ether oxygens (including phenoxy) is 1. The van der Waals surface area contributed by atoms with Crippen LogP contribution in [0.15, 0.2) is 0 Å². The summed E-state index contributed by atoms with van der Waals surface area (Å²) < 4.78 is 5.29. The van der Waals surface area contributed by atoms with Gasteiger partial charge in [-0.2, -0.15) is 0 Å². The zero-order valence-corrected chi connectivity index (χ0v) is 12.5. The third-order valence-corrected chi connectivity index (χ3v) is 4.02. The lowest BCUT2D eigenvalue weighted by Crippen LogP contribution is -2.47. The molecule has 0 aliphatic heterocycles. The Hall–Kier alpha value is -0.770. The van der Waals surface area contributed by atoms with Crippen molar-refractivity contribution in [1.29, 1.82) is 0 Å². The second-order valence-corrected chi connectivity index (χ2v) is 6.99. The van der Waals surface area contributed by atoms with Crippen LogP contribution < -0.4 is 10.6 Å². The summed E-state index contributed by atoms with van der Waals surface area (Å²) in [4.78, 5) is 11.7. The summed E-state index contributed by atoms with van der Waals surface area (Å²) in [5.41, 5.74) is -0.410. The van der Waals surface area contributed by atoms with Gasteiger partial charge in [0.15, 0.2) is 0 Å². The van der Waals surface area contributed by atoms with Crippen molar-refractivity contribution in [2.24, 2.45) is 0 Å². The fourth-order valence-electron chi connectivity index (χ4n) is 2.79. The Kier molecular flexibility index (Phi) is 4.71. The molecule has 2 saturated carbocycles. The van der Waals surface area contributed by atoms with Crippen LogP contribution in [0.2, 0.25) is 0 Å². The SMILES string of the molecule is CC(C)(C)OC(=O)NC1CCC(NC2CCC2)CC1. The topological polar surface area (TPSA) is 50.4 Å². The van der Waals surface area contributed by atoms with Gasteiger partial charge >= 0.3 is 6.09 Å². The van der Waals surface area contributed by atoms with Crippen molar-refractivity contribution in [3.8, 4) is 0 Å². The Labute approximate surface area is 116 Å². The average Bonchev–Trinajstić information content (AvgIpc) is 2.23. The molecule has 0 radical (unpaired) electrons. The number of hydrogen-bond donors (Lipinski definition) is 2. The second-order valence-electron chi connectivity index (χ2n) is 6.99. The summed E-state index contributed by atoms with van der Waals surface area (Å²) in [6.45, 7) is 5.68. The molecule has 0 heterocycles. The van der Waals surface area contributed by atoms with Crippen LogP contribution in [0, 0.1) is 0 Å². The van der Waals surface area contributed by atoms with Crippen LogP contribution in [0.25, 0.3) is 0 Å². The Morgan fingerprint density at radius 1 is 0.947 bits per heavy atom. The minimum absolute atomic E-state index is 0.275. The van der Waals surface area contributed by atoms with E-state index in [0.717, 1.165) is 31.7 Å². The maximum Gasteiger partial charge on any atom is 0.407 e. The summed E-state index contributed by atoms with van der Waals surface area (Å²) in [7, 11) is 0. The molecule has 0 bridgehead atoms. The van der Waals surface area contributed by atoms with E-state index in [2.05, 4.69) is 10.6 Å². The smallest absolute Gasteiger partial charge is 0.407 e. The van der Waals surface area contributed by atoms with E-state index in [9.17, 15) is 4.79 Å². The number of carbonyl (C=O) groups is 1. The van der Waals surface area contributed by atoms with Crippen molar-refractivity contribution in [2.75, 3.05) is 0 Å². The lowest BCUT2D eigenvalue weighted by molar-refractivity contribution is 0.0488. The third-order valence-electron chi connectivity index (χ3n) is 4.02. The molecule has 0 atom stereocenters. The first-order valence-corrected chi connectivity index (χ1v) is 7.68. The molecular formula is C15H28N2O2. The van der Waals surface area contributed by atoms with Gasteiger partial charge in [-0.25, -0.2) is 4.79 Å². The van der Waals surface area contributed by atoms with Gasteiger partial charge in [-0.1, -0.05) is 6.42 Å². The first-order valence-electron chi connectivity index (χ1n) is 7.68. The molecule has 110 valence electrons. The fourth-order valence-corrected chi connectivity index (χ4v) is 2.79. The average molecular weight is 268 g/mol. The minimum atomic E-state index is -0.410. The molecule has 0 saturated heterocycles. The van der Waals surface area contributed by atoms with Gasteiger partial charge in [-0.05, 0) is 59.3 Å². The highest BCUT2D eigenvalue weighted by atomic mass is 16.6. The van der Waals surface area contributed by atoms with Crippen molar-refractivity contribution < 1.29 is 9.53 Å². The summed E-state index contributed by atoms with van der Waals surface area (Å²) in [6.07, 6.45) is 8.24. The van der Waals surface area contributed by atoms with Gasteiger partial charge in [0.1, 0.15) is 5.60 Å². The van der Waals surface area contributed by atoms with E-state index < -0.39 is 5.60 Å². The monoisotopic (exact) mass is 268 g/mol. The molecule has 1 amide bonds. The molecule has 2 N–H and O–H groups in total. The van der Waals surface area contributed by atoms with Gasteiger partial charge < -0.3 is 15.4 Å². The standard InChI is InChI=1S/C15H28N2O2/c1-15(2,3)19-14(18)17-13-9-7-12(8-10-13)16-11-5-4-6-11/h11-13,16H,4-10H2,1-3H3,(H,17,18). The number of carbonyl (C=O) groups excluding carboxylic acids is 1. The molecule has 0 aromatic rings. The first kappa shape index (κ1) is 14.6. The van der Waals surface area contributed by atoms with Crippen molar-refractivity contribution in [3.05, 3.63) is 0 Å². The lowest BCUT2D eigenvalue weighted by Gasteiger charge is -2.35. The van der Waals surface area contributed by atoms with Crippen LogP contribution in [-0.2, 0) is 4.74 Å². The van der Waals surface area contributed by atoms with E-state index in [1.54, 1.807) is 0 Å². The van der Waals surface area contributed by atoms with E-state index in [1.165, 1.54) is 19.3 Å². The van der Waals surface area contributed by atoms with E-state index in [0.29, 0.717) is 6.04 Å². The van der Waals surface area contributed by atoms with E-state index in [4.69, 9.17) is 4.74 Å². The number of hydrogen-bond acceptors (Lipinski definition) is 3. The quantitative estimate of drug-likeness (QED) is 0.827. The molecule has 0 unspecified atom stereocenters. The van der Waals surface area contributed by atoms with Crippen LogP contribution in [0.5, 0.6) is 0 Å². The Bertz CT molecular complexity index is 300. The summed E-state index contributed by atoms with van der Waals surface area (Å²) >= 11 is 0. The third kappa shape index (κ3) is 5.01. The molecule has 2 aliphatic rings. The maximum absolute atomic E-state index is 11.7. The highest BCUT2D eigenvalue weighted by molar-refractivity contribution is 5.68. The van der Waals surface area contributed by atoms with E-state index >= 15 is 0 Å². The van der Waals surface area contributed by atoms with E-state index in [-0.39, 0.29) is 12.1 Å². The fraction of sp³-hybridized carbons (Fsp3) is 0.933. The summed E-state index contributed by atoms with van der Waals surface area (Å²) in [5, 5.41) is 6.71. The summed E-state index contributed by atoms with van der Waals surface area (Å²) in [5.74, 6) is 0. The second kappa shape index (κ2) is 6.12. The van der Waals surface area contributed by atoms with Crippen LogP contribution >= 0.6 is 0 Å². The molecular weight excluding hydrogens is 240 g/mol. The maximum atomic E-state index is 11.7. The summed E-state index contributed by atoms with van der Waals surface area (Å²) in [6, 6.07) is 1.71. The minimum Gasteiger partial charge on any atom is -0.444 e. The first-order chi connectivity index (χ1) is 8.92. The number of alkyl carbamates (subject to hydrolysis) is 1. The van der Waals surface area contributed by atoms with Crippen LogP contribution in [0.1, 0.15) is 65.7 Å². The predicted molar refractivity (Wildman–Crippen MR) is 76.2 cm³/mol. The van der Waals surface area contributed by atoms with E-state index in [1.807, 2.05) is 20.8 Å². The molecule has 0 spiro atoms. The van der Waals surface area contributed by atoms with Crippen molar-refractivity contribution >= 4 is 6.09 Å². The van der Waals surface area contributed by atoms with Crippen molar-refractivity contribution in [2.45, 2.75) is 89.4 Å². The van der Waals surface area contributed by atoms with Crippen LogP contribution in [0.3, 0.4) is 0 Å². The highest BCUT2D eigenvalue weighted by Crippen LogP contribution is 2.24. The number of nitrogens with one attached hydrogen (secondary N) is 2. The molecule has 19 heavy (non-hydrogen) atoms. The van der Waals surface area contributed by atoms with Crippen molar-refractivity contribution in [1.82, 2.24) is 10.6 Å². The van der Waals surface area contributed by atoms with Crippen LogP contribution in [0.4, 0.5) is 4.79 Å². The molecule has 0 aromatic heterocycles. The zero-order chi connectivity index (χ0) is 13.9. The van der Waals surface area contributed by atoms with Gasteiger partial charge in [-0.3, -0.25) is 0 Å². The molecule has 4 heteroatoms. The molecule has 2 fully saturated rings. The van der Waals surface area contributed by atoms with Gasteiger partial charge in [0, 0.05) is 18.1 Å². The number of amides is 1. The predicted octanol–water partition coefficient (Wildman–Crippen LogP) is 2.96. The molecule has 0 aromatic carbocycles. The normalized spacial score (nSPS) is 28.6. The van der Waals surface area contributed by atoms with Gasteiger partial charge in [-0.15, -0.1) is 0 Å². The Morgan fingerprint density at radius 3 is 1.95 bits per heavy atom. The Balaban J connectivity index is 1.64. The Morgan fingerprint density at radius 2 is 1.47 bits per heavy atom. The van der Waals surface area contributed by atoms with Gasteiger partial charge in [0.05, 0.1) is 0 Å². The van der Waals surface area contributed by atoms with Crippen molar-refractivity contribution in [3.63, 3.8) is 0 Å². The zero-order valence-electron chi connectivity index (χ0n) is 12.5. The molecule has 2 rings (SSSR count). The molecule has 2 aliphatic carbocycles. The largest absolute Gasteiger partial charge is 0.444 e. The number of rotatable bonds is 3. The van der Waals surface area contributed by atoms with Gasteiger partial charge in [0.2, 0.25) is 0 Å². The molecule has 4 nitrogen and oxygen atoms in total. The highest BCUT2D eigenvalue weighted by Gasteiger charge is 2.27. The van der Waals surface area contributed by atoms with Gasteiger partial charge in [0.25, 0.3) is 0 Å². The lowest BCUT2D eigenvalue weighted by atomic mass is 9.87.